The van der Waals surface area contributed by atoms with Gasteiger partial charge in [0.05, 0.1) is 7.11 Å². The smallest absolute Gasteiger partial charge is 0.497 e. The predicted molar refractivity (Wildman–Crippen MR) is 108 cm³/mol. The van der Waals surface area contributed by atoms with Gasteiger partial charge in [-0.2, -0.15) is 21.6 Å². The first-order valence-electron chi connectivity index (χ1n) is 8.12. The van der Waals surface area contributed by atoms with Crippen molar-refractivity contribution in [1.82, 2.24) is 0 Å². The Morgan fingerprint density at radius 3 is 1.75 bits per heavy atom. The van der Waals surface area contributed by atoms with Gasteiger partial charge in [0.1, 0.15) is 5.75 Å². The number of alkyl halides is 3. The molecule has 0 aromatic heterocycles. The van der Waals surface area contributed by atoms with Gasteiger partial charge in [-0.25, -0.2) is 10.0 Å². The third-order valence-corrected chi connectivity index (χ3v) is 6.96. The maximum atomic E-state index is 10.7. The lowest BCUT2D eigenvalue weighted by Gasteiger charge is -2.32. The fourth-order valence-corrected chi connectivity index (χ4v) is 4.68. The summed E-state index contributed by atoms with van der Waals surface area (Å²) in [4.78, 5) is 1.49. The number of hydrogen-bond acceptors (Lipinski definition) is 3. The molecular weight excluding hydrogens is 413 g/mol. The number of benzene rings is 2. The fourth-order valence-electron chi connectivity index (χ4n) is 2.47. The second-order valence-corrected chi connectivity index (χ2v) is 12.0. The molecule has 0 amide bonds. The summed E-state index contributed by atoms with van der Waals surface area (Å²) in [5.74, 6) is 2.04. The quantitative estimate of drug-likeness (QED) is 0.518. The molecule has 0 unspecified atom stereocenters. The molecule has 2 aromatic rings. The average Bonchev–Trinajstić information content (AvgIpc) is 2.53. The van der Waals surface area contributed by atoms with Gasteiger partial charge in [-0.05, 0) is 72.2 Å². The molecule has 1 N–H and O–H groups in total. The molecule has 0 saturated heterocycles. The van der Waals surface area contributed by atoms with E-state index in [-0.39, 0.29) is 0 Å². The summed E-state index contributed by atoms with van der Waals surface area (Å²) >= 11 is 0. The van der Waals surface area contributed by atoms with Crippen molar-refractivity contribution in [3.8, 4) is 5.75 Å². The van der Waals surface area contributed by atoms with Gasteiger partial charge in [0.15, 0.2) is 0 Å². The average molecular weight is 439 g/mol. The van der Waals surface area contributed by atoms with Gasteiger partial charge in [-0.1, -0.05) is 18.2 Å². The topological polar surface area (TPSA) is 63.6 Å². The zero-order valence-corrected chi connectivity index (χ0v) is 18.0. The Kier molecular flexibility index (Phi) is 7.99. The van der Waals surface area contributed by atoms with Gasteiger partial charge in [0.25, 0.3) is 0 Å². The molecule has 0 heterocycles. The molecule has 4 nitrogen and oxygen atoms in total. The molecule has 0 saturated carbocycles. The van der Waals surface area contributed by atoms with E-state index in [1.54, 1.807) is 7.11 Å². The summed E-state index contributed by atoms with van der Waals surface area (Å²) in [6.45, 7) is 4.36. The predicted octanol–water partition coefficient (Wildman–Crippen LogP) is 5.33. The van der Waals surface area contributed by atoms with Gasteiger partial charge in [0, 0.05) is 5.75 Å². The highest BCUT2D eigenvalue weighted by Gasteiger charge is 2.44. The van der Waals surface area contributed by atoms with Crippen molar-refractivity contribution in [2.24, 2.45) is 0 Å². The summed E-state index contributed by atoms with van der Waals surface area (Å²) in [6.07, 6.45) is 4.79. The molecule has 0 fully saturated rings. The van der Waals surface area contributed by atoms with Crippen LogP contribution in [0.2, 0.25) is 0 Å². The van der Waals surface area contributed by atoms with Crippen LogP contribution in [0.25, 0.3) is 0 Å². The fraction of sp³-hybridized carbons (Fsp3) is 0.368. The first-order valence-corrected chi connectivity index (χ1v) is 12.2. The number of rotatable bonds is 4. The number of aryl methyl sites for hydroxylation is 2. The van der Waals surface area contributed by atoms with Gasteiger partial charge in [0.2, 0.25) is 0 Å². The molecule has 2 rings (SSSR count). The van der Waals surface area contributed by atoms with Crippen LogP contribution in [-0.4, -0.2) is 38.1 Å². The lowest BCUT2D eigenvalue weighted by molar-refractivity contribution is -0.0510. The molecule has 0 spiro atoms. The van der Waals surface area contributed by atoms with E-state index in [9.17, 15) is 13.2 Å². The van der Waals surface area contributed by atoms with E-state index >= 15 is 0 Å². The van der Waals surface area contributed by atoms with Crippen molar-refractivity contribution in [1.29, 1.82) is 0 Å². The van der Waals surface area contributed by atoms with Gasteiger partial charge in [-0.3, -0.25) is 4.55 Å². The van der Waals surface area contributed by atoms with Crippen molar-refractivity contribution in [2.45, 2.75) is 30.0 Å². The summed E-state index contributed by atoms with van der Waals surface area (Å²) < 4.78 is 62.8. The highest BCUT2D eigenvalue weighted by atomic mass is 32.3. The molecule has 9 heteroatoms. The molecule has 0 aliphatic rings. The number of ether oxygens (including phenoxy) is 1. The van der Waals surface area contributed by atoms with Crippen molar-refractivity contribution in [3.63, 3.8) is 0 Å². The maximum Gasteiger partial charge on any atom is 0.522 e. The van der Waals surface area contributed by atoms with Crippen molar-refractivity contribution in [2.75, 3.05) is 19.6 Å². The molecule has 2 aromatic carbocycles. The minimum absolute atomic E-state index is 0.819. The Labute approximate surface area is 165 Å². The lowest BCUT2D eigenvalue weighted by atomic mass is 10.2. The Bertz CT molecular complexity index is 870. The number of methoxy groups -OCH3 is 1. The molecule has 158 valence electrons. The second kappa shape index (κ2) is 9.19. The largest absolute Gasteiger partial charge is 0.522 e. The minimum atomic E-state index is -5.84. The second-order valence-electron chi connectivity index (χ2n) is 6.77. The summed E-state index contributed by atoms with van der Waals surface area (Å²) in [7, 11) is -4.95. The Hall–Kier alpha value is -1.71. The molecule has 0 bridgehead atoms. The van der Waals surface area contributed by atoms with Crippen LogP contribution in [0.15, 0.2) is 47.4 Å². The van der Waals surface area contributed by atoms with E-state index in [1.807, 2.05) is 12.1 Å². The Morgan fingerprint density at radius 1 is 0.964 bits per heavy atom. The maximum absolute atomic E-state index is 10.7. The van der Waals surface area contributed by atoms with E-state index in [4.69, 9.17) is 17.7 Å². The van der Waals surface area contributed by atoms with Crippen LogP contribution in [0, 0.1) is 13.8 Å². The molecule has 0 aliphatic heterocycles. The van der Waals surface area contributed by atoms with Crippen molar-refractivity contribution in [3.05, 3.63) is 59.2 Å². The minimum Gasteiger partial charge on any atom is -0.497 e. The zero-order valence-electron chi connectivity index (χ0n) is 16.4. The normalized spacial score (nSPS) is 12.8. The third kappa shape index (κ3) is 7.37. The zero-order chi connectivity index (χ0) is 21.8. The van der Waals surface area contributed by atoms with Crippen LogP contribution < -0.4 is 4.74 Å². The number of halogens is 3. The number of hydrogen-bond donors (Lipinski definition) is 1. The van der Waals surface area contributed by atoms with Crippen LogP contribution in [0.1, 0.15) is 16.7 Å². The van der Waals surface area contributed by atoms with Crippen molar-refractivity contribution < 1.29 is 30.9 Å². The lowest BCUT2D eigenvalue weighted by Crippen LogP contribution is -2.21. The van der Waals surface area contributed by atoms with Crippen LogP contribution in [0.3, 0.4) is 0 Å². The van der Waals surface area contributed by atoms with Crippen molar-refractivity contribution >= 4 is 20.1 Å². The van der Waals surface area contributed by atoms with E-state index in [1.165, 1.54) is 21.6 Å². The summed E-state index contributed by atoms with van der Waals surface area (Å²) in [5, 5.41) is 0. The van der Waals surface area contributed by atoms with E-state index in [2.05, 4.69) is 56.7 Å². The molecule has 0 atom stereocenters. The third-order valence-electron chi connectivity index (χ3n) is 3.81. The SMILES string of the molecule is COc1ccc(CS(C)(C)c2cc(C)cc(C)c2)cc1.O=S(=O)(O)C(F)(F)F. The Balaban J connectivity index is 0.000000416. The Morgan fingerprint density at radius 2 is 1.39 bits per heavy atom. The molecular formula is C19H25F3O4S2. The summed E-state index contributed by atoms with van der Waals surface area (Å²) in [6, 6.07) is 15.4. The van der Waals surface area contributed by atoms with Gasteiger partial charge < -0.3 is 4.74 Å². The molecule has 28 heavy (non-hydrogen) atoms. The van der Waals surface area contributed by atoms with E-state index in [0.29, 0.717) is 0 Å². The van der Waals surface area contributed by atoms with E-state index < -0.39 is 25.7 Å². The summed E-state index contributed by atoms with van der Waals surface area (Å²) in [5.41, 5.74) is -1.44. The first kappa shape index (κ1) is 24.3. The van der Waals surface area contributed by atoms with Crippen LogP contribution in [0.4, 0.5) is 13.2 Å². The molecule has 0 aliphatic carbocycles. The molecule has 0 radical (unpaired) electrons. The van der Waals surface area contributed by atoms with Crippen LogP contribution >= 0.6 is 10.0 Å². The van der Waals surface area contributed by atoms with E-state index in [0.717, 1.165) is 11.5 Å². The van der Waals surface area contributed by atoms with Crippen LogP contribution in [-0.2, 0) is 15.9 Å². The highest BCUT2D eigenvalue weighted by Crippen LogP contribution is 2.52. The standard InChI is InChI=1S/C18H24OS.CHF3O3S/c1-14-10-15(2)12-18(11-14)20(4,5)13-16-6-8-17(19-3)9-7-16;2-1(3,4)8(5,6)7/h6-12H,13H2,1-5H3;(H,5,6,7). The van der Waals surface area contributed by atoms with Gasteiger partial charge >= 0.3 is 15.6 Å². The monoisotopic (exact) mass is 438 g/mol. The van der Waals surface area contributed by atoms with Crippen LogP contribution in [0.5, 0.6) is 5.75 Å². The van der Waals surface area contributed by atoms with Gasteiger partial charge in [-0.15, -0.1) is 0 Å². The first-order chi connectivity index (χ1) is 12.7. The highest BCUT2D eigenvalue weighted by molar-refractivity contribution is 8.32.